The molecule has 0 bridgehead atoms. The van der Waals surface area contributed by atoms with Crippen LogP contribution in [0.15, 0.2) is 0 Å². The van der Waals surface area contributed by atoms with Gasteiger partial charge in [-0.25, -0.2) is 0 Å². The molecule has 0 aromatic rings. The van der Waals surface area contributed by atoms with E-state index in [9.17, 15) is 4.79 Å². The number of rotatable bonds is 9. The SMILES string of the molecule is CC(C)CCOCCNC(=O)[C@@H](N)CC(C)C. The van der Waals surface area contributed by atoms with Crippen LogP contribution in [0.25, 0.3) is 0 Å². The molecule has 0 saturated carbocycles. The number of nitrogens with two attached hydrogens (primary N) is 1. The molecule has 0 saturated heterocycles. The minimum absolute atomic E-state index is 0.0776. The van der Waals surface area contributed by atoms with Crippen LogP contribution < -0.4 is 11.1 Å². The Hall–Kier alpha value is -0.610. The van der Waals surface area contributed by atoms with Gasteiger partial charge in [-0.3, -0.25) is 4.79 Å². The highest BCUT2D eigenvalue weighted by Gasteiger charge is 2.13. The molecule has 0 aliphatic heterocycles. The highest BCUT2D eigenvalue weighted by molar-refractivity contribution is 5.81. The predicted molar refractivity (Wildman–Crippen MR) is 70.7 cm³/mol. The van der Waals surface area contributed by atoms with Gasteiger partial charge in [-0.2, -0.15) is 0 Å². The zero-order chi connectivity index (χ0) is 13.3. The summed E-state index contributed by atoms with van der Waals surface area (Å²) in [6, 6.07) is -0.398. The molecule has 0 aliphatic carbocycles. The van der Waals surface area contributed by atoms with Gasteiger partial charge in [0.05, 0.1) is 12.6 Å². The number of hydrogen-bond donors (Lipinski definition) is 2. The number of carbonyl (C=O) groups excluding carboxylic acids is 1. The zero-order valence-corrected chi connectivity index (χ0v) is 11.7. The van der Waals surface area contributed by atoms with E-state index >= 15 is 0 Å². The average molecular weight is 244 g/mol. The standard InChI is InChI=1S/C13H28N2O2/c1-10(2)5-7-17-8-6-15-13(16)12(14)9-11(3)4/h10-12H,5-9,14H2,1-4H3,(H,15,16)/t12-/m0/s1. The Labute approximate surface area is 105 Å². The lowest BCUT2D eigenvalue weighted by atomic mass is 10.0. The Kier molecular flexibility index (Phi) is 9.09. The summed E-state index contributed by atoms with van der Waals surface area (Å²) in [5, 5.41) is 2.79. The summed E-state index contributed by atoms with van der Waals surface area (Å²) < 4.78 is 5.40. The molecule has 0 fully saturated rings. The summed E-state index contributed by atoms with van der Waals surface area (Å²) in [5.41, 5.74) is 5.75. The van der Waals surface area contributed by atoms with Crippen molar-refractivity contribution in [1.29, 1.82) is 0 Å². The molecule has 3 N–H and O–H groups in total. The van der Waals surface area contributed by atoms with Crippen LogP contribution in [0, 0.1) is 11.8 Å². The molecule has 0 rings (SSSR count). The maximum absolute atomic E-state index is 11.5. The lowest BCUT2D eigenvalue weighted by Crippen LogP contribution is -2.42. The minimum atomic E-state index is -0.398. The van der Waals surface area contributed by atoms with E-state index in [1.54, 1.807) is 0 Å². The largest absolute Gasteiger partial charge is 0.380 e. The van der Waals surface area contributed by atoms with E-state index in [0.29, 0.717) is 25.0 Å². The first-order chi connectivity index (χ1) is 7.93. The molecule has 1 amide bonds. The van der Waals surface area contributed by atoms with Crippen LogP contribution >= 0.6 is 0 Å². The van der Waals surface area contributed by atoms with Crippen LogP contribution in [-0.4, -0.2) is 31.7 Å². The van der Waals surface area contributed by atoms with Crippen molar-refractivity contribution in [1.82, 2.24) is 5.32 Å². The Bertz CT molecular complexity index is 206. The summed E-state index contributed by atoms with van der Waals surface area (Å²) in [6.45, 7) is 10.3. The first-order valence-corrected chi connectivity index (χ1v) is 6.54. The van der Waals surface area contributed by atoms with Gasteiger partial charge in [0, 0.05) is 13.2 Å². The first kappa shape index (κ1) is 16.4. The van der Waals surface area contributed by atoms with Crippen molar-refractivity contribution in [3.05, 3.63) is 0 Å². The van der Waals surface area contributed by atoms with Crippen LogP contribution in [0.3, 0.4) is 0 Å². The highest BCUT2D eigenvalue weighted by atomic mass is 16.5. The van der Waals surface area contributed by atoms with Gasteiger partial charge in [0.1, 0.15) is 0 Å². The molecule has 0 aliphatic rings. The maximum atomic E-state index is 11.5. The van der Waals surface area contributed by atoms with E-state index in [1.807, 2.05) is 0 Å². The minimum Gasteiger partial charge on any atom is -0.380 e. The lowest BCUT2D eigenvalue weighted by Gasteiger charge is -2.14. The molecule has 1 atom stereocenters. The molecule has 4 heteroatoms. The van der Waals surface area contributed by atoms with Gasteiger partial charge in [0.2, 0.25) is 5.91 Å². The van der Waals surface area contributed by atoms with Gasteiger partial charge in [0.15, 0.2) is 0 Å². The van der Waals surface area contributed by atoms with Crippen molar-refractivity contribution in [2.45, 2.75) is 46.6 Å². The number of nitrogens with one attached hydrogen (secondary N) is 1. The summed E-state index contributed by atoms with van der Waals surface area (Å²) in [4.78, 5) is 11.5. The van der Waals surface area contributed by atoms with Gasteiger partial charge in [-0.15, -0.1) is 0 Å². The van der Waals surface area contributed by atoms with Gasteiger partial charge >= 0.3 is 0 Å². The fraction of sp³-hybridized carbons (Fsp3) is 0.923. The second-order valence-corrected chi connectivity index (χ2v) is 5.32. The van der Waals surface area contributed by atoms with Crippen LogP contribution in [0.4, 0.5) is 0 Å². The predicted octanol–water partition coefficient (Wildman–Crippen LogP) is 1.54. The lowest BCUT2D eigenvalue weighted by molar-refractivity contribution is -0.122. The number of amides is 1. The monoisotopic (exact) mass is 244 g/mol. The van der Waals surface area contributed by atoms with Crippen molar-refractivity contribution in [3.8, 4) is 0 Å². The molecule has 0 heterocycles. The topological polar surface area (TPSA) is 64.3 Å². The summed E-state index contributed by atoms with van der Waals surface area (Å²) >= 11 is 0. The molecule has 0 aromatic heterocycles. The van der Waals surface area contributed by atoms with Crippen molar-refractivity contribution in [2.24, 2.45) is 17.6 Å². The smallest absolute Gasteiger partial charge is 0.237 e. The van der Waals surface area contributed by atoms with Crippen molar-refractivity contribution >= 4 is 5.91 Å². The van der Waals surface area contributed by atoms with E-state index in [2.05, 4.69) is 33.0 Å². The highest BCUT2D eigenvalue weighted by Crippen LogP contribution is 2.02. The van der Waals surface area contributed by atoms with E-state index < -0.39 is 6.04 Å². The van der Waals surface area contributed by atoms with Crippen LogP contribution in [0.2, 0.25) is 0 Å². The van der Waals surface area contributed by atoms with Gasteiger partial charge in [-0.1, -0.05) is 27.7 Å². The molecule has 0 aromatic carbocycles. The fourth-order valence-corrected chi connectivity index (χ4v) is 1.41. The Morgan fingerprint density at radius 3 is 2.35 bits per heavy atom. The van der Waals surface area contributed by atoms with Crippen LogP contribution in [-0.2, 0) is 9.53 Å². The fourth-order valence-electron chi connectivity index (χ4n) is 1.41. The Balaban J connectivity index is 3.45. The molecule has 0 unspecified atom stereocenters. The van der Waals surface area contributed by atoms with Crippen molar-refractivity contribution in [3.63, 3.8) is 0 Å². The normalized spacial score (nSPS) is 13.1. The molecule has 102 valence electrons. The summed E-state index contributed by atoms with van der Waals surface area (Å²) in [5.74, 6) is 1.02. The maximum Gasteiger partial charge on any atom is 0.237 e. The summed E-state index contributed by atoms with van der Waals surface area (Å²) in [7, 11) is 0. The second-order valence-electron chi connectivity index (χ2n) is 5.32. The molecular formula is C13H28N2O2. The Morgan fingerprint density at radius 1 is 1.18 bits per heavy atom. The molecule has 17 heavy (non-hydrogen) atoms. The molecular weight excluding hydrogens is 216 g/mol. The van der Waals surface area contributed by atoms with E-state index in [-0.39, 0.29) is 5.91 Å². The van der Waals surface area contributed by atoms with Crippen LogP contribution in [0.1, 0.15) is 40.5 Å². The van der Waals surface area contributed by atoms with Gasteiger partial charge in [-0.05, 0) is 24.7 Å². The van der Waals surface area contributed by atoms with Crippen LogP contribution in [0.5, 0.6) is 0 Å². The van der Waals surface area contributed by atoms with Crippen molar-refractivity contribution < 1.29 is 9.53 Å². The number of ether oxygens (including phenoxy) is 1. The molecule has 0 radical (unpaired) electrons. The first-order valence-electron chi connectivity index (χ1n) is 6.54. The number of carbonyl (C=O) groups is 1. The summed E-state index contributed by atoms with van der Waals surface area (Å²) in [6.07, 6.45) is 1.78. The second kappa shape index (κ2) is 9.42. The van der Waals surface area contributed by atoms with Gasteiger partial charge < -0.3 is 15.8 Å². The zero-order valence-electron chi connectivity index (χ0n) is 11.7. The third kappa shape index (κ3) is 10.3. The van der Waals surface area contributed by atoms with E-state index in [0.717, 1.165) is 19.4 Å². The molecule has 4 nitrogen and oxygen atoms in total. The Morgan fingerprint density at radius 2 is 1.82 bits per heavy atom. The van der Waals surface area contributed by atoms with E-state index in [1.165, 1.54) is 0 Å². The van der Waals surface area contributed by atoms with E-state index in [4.69, 9.17) is 10.5 Å². The third-order valence-corrected chi connectivity index (χ3v) is 2.45. The quantitative estimate of drug-likeness (QED) is 0.605. The third-order valence-electron chi connectivity index (χ3n) is 2.45. The average Bonchev–Trinajstić information content (AvgIpc) is 2.21. The molecule has 0 spiro atoms. The number of hydrogen-bond acceptors (Lipinski definition) is 3. The van der Waals surface area contributed by atoms with Crippen molar-refractivity contribution in [2.75, 3.05) is 19.8 Å². The van der Waals surface area contributed by atoms with Gasteiger partial charge in [0.25, 0.3) is 0 Å².